The first-order valence-electron chi connectivity index (χ1n) is 12.7. The zero-order valence-electron chi connectivity index (χ0n) is 22.1. The van der Waals surface area contributed by atoms with Gasteiger partial charge in [-0.05, 0) is 37.3 Å². The fourth-order valence-corrected chi connectivity index (χ4v) is 5.31. The summed E-state index contributed by atoms with van der Waals surface area (Å²) in [6, 6.07) is 3.64. The van der Waals surface area contributed by atoms with Crippen LogP contribution in [0.5, 0.6) is 0 Å². The van der Waals surface area contributed by atoms with Crippen LogP contribution in [0, 0.1) is 5.92 Å². The lowest BCUT2D eigenvalue weighted by atomic mass is 9.95. The maximum Gasteiger partial charge on any atom is 0.490 e. The largest absolute Gasteiger partial charge is 0.490 e. The van der Waals surface area contributed by atoms with Gasteiger partial charge >= 0.3 is 12.1 Å². The van der Waals surface area contributed by atoms with E-state index in [0.29, 0.717) is 18.7 Å². The lowest BCUT2D eigenvalue weighted by molar-refractivity contribution is -0.192. The molecule has 1 N–H and O–H groups in total. The number of hydrogen-bond acceptors (Lipinski definition) is 5. The van der Waals surface area contributed by atoms with Crippen molar-refractivity contribution in [2.45, 2.75) is 76.7 Å². The van der Waals surface area contributed by atoms with Crippen molar-refractivity contribution in [2.75, 3.05) is 6.61 Å². The van der Waals surface area contributed by atoms with Crippen LogP contribution in [-0.2, 0) is 16.3 Å². The Labute approximate surface area is 221 Å². The lowest BCUT2D eigenvalue weighted by Gasteiger charge is -2.22. The second-order valence-electron chi connectivity index (χ2n) is 10.7. The molecule has 208 valence electrons. The van der Waals surface area contributed by atoms with E-state index in [1.54, 1.807) is 6.33 Å². The highest BCUT2D eigenvalue weighted by Gasteiger charge is 2.38. The number of fused-ring (bicyclic) bond motifs is 1. The Kier molecular flexibility index (Phi) is 9.88. The van der Waals surface area contributed by atoms with Gasteiger partial charge < -0.3 is 14.4 Å². The third-order valence-corrected chi connectivity index (χ3v) is 8.30. The van der Waals surface area contributed by atoms with E-state index in [0.717, 1.165) is 35.3 Å². The number of rotatable bonds is 10. The van der Waals surface area contributed by atoms with Crippen LogP contribution in [0.15, 0.2) is 43.6 Å². The number of carbonyl (C=O) groups is 1. The van der Waals surface area contributed by atoms with Crippen LogP contribution >= 0.6 is 0 Å². The maximum absolute atomic E-state index is 10.6. The van der Waals surface area contributed by atoms with Gasteiger partial charge in [0.2, 0.25) is 0 Å². The first kappa shape index (κ1) is 29.6. The summed E-state index contributed by atoms with van der Waals surface area (Å²) in [5.74, 6) is -2.07. The summed E-state index contributed by atoms with van der Waals surface area (Å²) in [5, 5.41) is 12.9. The smallest absolute Gasteiger partial charge is 0.475 e. The number of halogens is 3. The number of carboxylic acid groups (broad SMARTS) is 1. The predicted molar refractivity (Wildman–Crippen MR) is 142 cm³/mol. The van der Waals surface area contributed by atoms with Crippen molar-refractivity contribution in [3.05, 3.63) is 43.6 Å². The summed E-state index contributed by atoms with van der Waals surface area (Å²) in [5.41, 5.74) is 2.88. The zero-order valence-corrected chi connectivity index (χ0v) is 23.1. The summed E-state index contributed by atoms with van der Waals surface area (Å²) in [6.07, 6.45) is 10.9. The molecular formula is C26H36F3N5O3Si. The number of nitrogens with zero attached hydrogens (tertiary/aromatic N) is 5. The molecule has 3 aromatic rings. The Morgan fingerprint density at radius 2 is 1.97 bits per heavy atom. The molecule has 0 aromatic carbocycles. The number of alkyl halides is 3. The van der Waals surface area contributed by atoms with Crippen LogP contribution in [0.1, 0.15) is 38.1 Å². The van der Waals surface area contributed by atoms with E-state index in [2.05, 4.69) is 57.7 Å². The fourth-order valence-electron chi connectivity index (χ4n) is 4.55. The van der Waals surface area contributed by atoms with Gasteiger partial charge in [-0.25, -0.2) is 14.8 Å². The van der Waals surface area contributed by atoms with Gasteiger partial charge in [0, 0.05) is 38.0 Å². The summed E-state index contributed by atoms with van der Waals surface area (Å²) in [7, 11) is -1.08. The summed E-state index contributed by atoms with van der Waals surface area (Å²) in [6.45, 7) is 12.4. The number of allylic oxidation sites excluding steroid dienone is 1. The Hall–Kier alpha value is -2.99. The molecule has 12 heteroatoms. The first-order valence-corrected chi connectivity index (χ1v) is 16.4. The molecule has 0 saturated heterocycles. The molecular weight excluding hydrogens is 515 g/mol. The van der Waals surface area contributed by atoms with E-state index in [1.807, 2.05) is 18.5 Å². The molecule has 1 aliphatic carbocycles. The minimum absolute atomic E-state index is 0.385. The fraction of sp³-hybridized carbons (Fsp3) is 0.538. The predicted octanol–water partition coefficient (Wildman–Crippen LogP) is 6.55. The van der Waals surface area contributed by atoms with Crippen LogP contribution in [0.2, 0.25) is 25.7 Å². The minimum atomic E-state index is -5.08. The average molecular weight is 552 g/mol. The van der Waals surface area contributed by atoms with E-state index in [-0.39, 0.29) is 0 Å². The second-order valence-corrected chi connectivity index (χ2v) is 16.4. The lowest BCUT2D eigenvalue weighted by Crippen LogP contribution is -2.22. The van der Waals surface area contributed by atoms with Gasteiger partial charge in [-0.15, -0.1) is 6.58 Å². The molecule has 3 heterocycles. The molecule has 0 radical (unpaired) electrons. The molecule has 0 amide bonds. The van der Waals surface area contributed by atoms with Crippen LogP contribution in [0.4, 0.5) is 13.2 Å². The normalized spacial score (nSPS) is 15.3. The van der Waals surface area contributed by atoms with Crippen molar-refractivity contribution in [1.29, 1.82) is 0 Å². The third-order valence-electron chi connectivity index (χ3n) is 6.59. The number of aromatic nitrogens is 5. The highest BCUT2D eigenvalue weighted by molar-refractivity contribution is 6.76. The minimum Gasteiger partial charge on any atom is -0.475 e. The van der Waals surface area contributed by atoms with Crippen molar-refractivity contribution in [2.24, 2.45) is 5.92 Å². The van der Waals surface area contributed by atoms with Crippen LogP contribution < -0.4 is 0 Å². The summed E-state index contributed by atoms with van der Waals surface area (Å²) >= 11 is 0. The van der Waals surface area contributed by atoms with Gasteiger partial charge in [0.1, 0.15) is 18.7 Å². The van der Waals surface area contributed by atoms with E-state index in [4.69, 9.17) is 19.7 Å². The van der Waals surface area contributed by atoms with Gasteiger partial charge in [-0.2, -0.15) is 18.3 Å². The molecule has 38 heavy (non-hydrogen) atoms. The van der Waals surface area contributed by atoms with Crippen molar-refractivity contribution in [3.63, 3.8) is 0 Å². The quantitative estimate of drug-likeness (QED) is 0.174. The topological polar surface area (TPSA) is 95.1 Å². The summed E-state index contributed by atoms with van der Waals surface area (Å²) in [4.78, 5) is 18.0. The van der Waals surface area contributed by atoms with E-state index in [1.165, 1.54) is 31.7 Å². The standard InChI is InChI=1S/C24H35N5OSi.C2HF3O2/c1-5-8-22(19-9-6-7-10-19)29-16-20(15-27-29)23-21-11-12-28(24(21)26-17-25-23)18-30-13-14-31(2,3)4;3-2(4,5)1(6)7/h5,11-12,15-17,19,22H,1,6-10,13-14,18H2,2-4H3;(H,6,7). The molecule has 3 aromatic heterocycles. The highest BCUT2D eigenvalue weighted by Crippen LogP contribution is 2.37. The Balaban J connectivity index is 0.000000505. The molecule has 1 unspecified atom stereocenters. The number of ether oxygens (including phenoxy) is 1. The Bertz CT molecular complexity index is 1210. The molecule has 1 saturated carbocycles. The third kappa shape index (κ3) is 8.00. The highest BCUT2D eigenvalue weighted by atomic mass is 28.3. The maximum atomic E-state index is 10.6. The van der Waals surface area contributed by atoms with Gasteiger partial charge in [0.25, 0.3) is 0 Å². The second kappa shape index (κ2) is 12.7. The first-order chi connectivity index (χ1) is 17.9. The van der Waals surface area contributed by atoms with Gasteiger partial charge in [0.05, 0.1) is 17.9 Å². The van der Waals surface area contributed by atoms with Gasteiger partial charge in [-0.3, -0.25) is 4.68 Å². The van der Waals surface area contributed by atoms with E-state index >= 15 is 0 Å². The summed E-state index contributed by atoms with van der Waals surface area (Å²) < 4.78 is 41.9. The number of hydrogen-bond donors (Lipinski definition) is 1. The molecule has 4 rings (SSSR count). The van der Waals surface area contributed by atoms with Crippen LogP contribution in [0.3, 0.4) is 0 Å². The van der Waals surface area contributed by atoms with E-state index in [9.17, 15) is 13.2 Å². The van der Waals surface area contributed by atoms with Crippen molar-refractivity contribution in [1.82, 2.24) is 24.3 Å². The SMILES string of the molecule is C=CCC(C1CCCC1)n1cc(-c2ncnc3c2ccn3COCC[Si](C)(C)C)cn1.O=C(O)C(F)(F)F. The van der Waals surface area contributed by atoms with Crippen molar-refractivity contribution in [3.8, 4) is 11.3 Å². The molecule has 1 aliphatic rings. The zero-order chi connectivity index (χ0) is 27.9. The number of carboxylic acids is 1. The van der Waals surface area contributed by atoms with Crippen molar-refractivity contribution >= 4 is 25.1 Å². The Morgan fingerprint density at radius 3 is 2.58 bits per heavy atom. The molecule has 0 spiro atoms. The van der Waals surface area contributed by atoms with Crippen molar-refractivity contribution < 1.29 is 27.8 Å². The van der Waals surface area contributed by atoms with Gasteiger partial charge in [-0.1, -0.05) is 38.6 Å². The molecule has 0 aliphatic heterocycles. The van der Waals surface area contributed by atoms with Crippen LogP contribution in [-0.4, -0.2) is 56.2 Å². The van der Waals surface area contributed by atoms with Gasteiger partial charge in [0.15, 0.2) is 0 Å². The average Bonchev–Trinajstić information content (AvgIpc) is 3.61. The molecule has 1 atom stereocenters. The molecule has 1 fully saturated rings. The monoisotopic (exact) mass is 551 g/mol. The van der Waals surface area contributed by atoms with Crippen LogP contribution in [0.25, 0.3) is 22.3 Å². The molecule has 0 bridgehead atoms. The number of aliphatic carboxylic acids is 1. The Morgan fingerprint density at radius 1 is 1.29 bits per heavy atom. The van der Waals surface area contributed by atoms with E-state index < -0.39 is 20.2 Å². The molecule has 8 nitrogen and oxygen atoms in total.